The first-order valence-electron chi connectivity index (χ1n) is 5.70. The van der Waals surface area contributed by atoms with Crippen molar-refractivity contribution in [3.8, 4) is 0 Å². The number of carbonyl (C=O) groups excluding carboxylic acids is 1. The lowest BCUT2D eigenvalue weighted by Gasteiger charge is -2.22. The first-order valence-corrected chi connectivity index (χ1v) is 7.47. The number of non-ortho nitro benzene ring substituents is 1. The van der Waals surface area contributed by atoms with Crippen LogP contribution in [0, 0.1) is 10.1 Å². The van der Waals surface area contributed by atoms with Gasteiger partial charge in [-0.3, -0.25) is 14.9 Å². The van der Waals surface area contributed by atoms with E-state index in [2.05, 4.69) is 5.32 Å². The highest BCUT2D eigenvalue weighted by molar-refractivity contribution is 7.98. The largest absolute Gasteiger partial charge is 0.387 e. The Morgan fingerprint density at radius 1 is 1.60 bits per heavy atom. The Hall–Kier alpha value is -1.31. The predicted octanol–water partition coefficient (Wildman–Crippen LogP) is 2.09. The Morgan fingerprint density at radius 2 is 2.25 bits per heavy atom. The molecule has 1 aromatic rings. The average molecular weight is 319 g/mol. The van der Waals surface area contributed by atoms with Crippen molar-refractivity contribution in [1.29, 1.82) is 0 Å². The maximum absolute atomic E-state index is 11.9. The van der Waals surface area contributed by atoms with Crippen LogP contribution in [-0.4, -0.2) is 40.1 Å². The van der Waals surface area contributed by atoms with Gasteiger partial charge in [0, 0.05) is 24.4 Å². The summed E-state index contributed by atoms with van der Waals surface area (Å²) in [6, 6.07) is 3.62. The first-order chi connectivity index (χ1) is 9.26. The van der Waals surface area contributed by atoms with Crippen LogP contribution >= 0.6 is 23.4 Å². The van der Waals surface area contributed by atoms with Gasteiger partial charge in [-0.05, 0) is 19.2 Å². The Balaban J connectivity index is 2.76. The molecule has 0 spiro atoms. The molecule has 1 unspecified atom stereocenters. The van der Waals surface area contributed by atoms with Crippen molar-refractivity contribution in [3.05, 3.63) is 38.9 Å². The third-order valence-electron chi connectivity index (χ3n) is 2.49. The fourth-order valence-corrected chi connectivity index (χ4v) is 2.51. The van der Waals surface area contributed by atoms with Crippen LogP contribution in [0.2, 0.25) is 5.02 Å². The summed E-state index contributed by atoms with van der Waals surface area (Å²) < 4.78 is 0. The highest BCUT2D eigenvalue weighted by Crippen LogP contribution is 2.22. The van der Waals surface area contributed by atoms with Gasteiger partial charge in [0.25, 0.3) is 11.6 Å². The van der Waals surface area contributed by atoms with Crippen molar-refractivity contribution in [1.82, 2.24) is 5.32 Å². The summed E-state index contributed by atoms with van der Waals surface area (Å²) >= 11 is 7.31. The minimum Gasteiger partial charge on any atom is -0.387 e. The van der Waals surface area contributed by atoms with Crippen molar-refractivity contribution in [2.45, 2.75) is 12.5 Å². The molecular weight excluding hydrogens is 304 g/mol. The van der Waals surface area contributed by atoms with E-state index >= 15 is 0 Å². The molecule has 1 atom stereocenters. The molecular formula is C12H15ClN2O4S. The van der Waals surface area contributed by atoms with E-state index in [4.69, 9.17) is 11.6 Å². The van der Waals surface area contributed by atoms with Crippen molar-refractivity contribution in [3.63, 3.8) is 0 Å². The number of aliphatic hydroxyl groups is 1. The van der Waals surface area contributed by atoms with Gasteiger partial charge < -0.3 is 10.4 Å². The molecule has 1 amide bonds. The van der Waals surface area contributed by atoms with Gasteiger partial charge in [-0.25, -0.2) is 0 Å². The fourth-order valence-electron chi connectivity index (χ4n) is 1.53. The molecule has 0 fully saturated rings. The molecule has 2 N–H and O–H groups in total. The molecule has 0 bridgehead atoms. The highest BCUT2D eigenvalue weighted by Gasteiger charge is 2.22. The maximum atomic E-state index is 11.9. The van der Waals surface area contributed by atoms with Crippen LogP contribution in [-0.2, 0) is 0 Å². The third-order valence-corrected chi connectivity index (χ3v) is 3.72. The van der Waals surface area contributed by atoms with Gasteiger partial charge in [0.05, 0.1) is 21.1 Å². The lowest BCUT2D eigenvalue weighted by Crippen LogP contribution is -2.42. The quantitative estimate of drug-likeness (QED) is 0.619. The van der Waals surface area contributed by atoms with Crippen molar-refractivity contribution in [2.24, 2.45) is 0 Å². The maximum Gasteiger partial charge on any atom is 0.270 e. The molecule has 110 valence electrons. The van der Waals surface area contributed by atoms with E-state index in [0.29, 0.717) is 5.75 Å². The summed E-state index contributed by atoms with van der Waals surface area (Å²) in [7, 11) is 0. The summed E-state index contributed by atoms with van der Waals surface area (Å²) in [6.45, 7) is 1.68. The van der Waals surface area contributed by atoms with Crippen molar-refractivity contribution >= 4 is 35.0 Å². The van der Waals surface area contributed by atoms with Crippen LogP contribution in [0.4, 0.5) is 5.69 Å². The Kier molecular flexibility index (Phi) is 5.79. The number of nitrogens with one attached hydrogen (secondary N) is 1. The average Bonchev–Trinajstić information content (AvgIpc) is 2.35. The summed E-state index contributed by atoms with van der Waals surface area (Å²) in [4.78, 5) is 21.9. The van der Waals surface area contributed by atoms with Crippen LogP contribution in [0.15, 0.2) is 18.2 Å². The Bertz CT molecular complexity index is 522. The van der Waals surface area contributed by atoms with Crippen molar-refractivity contribution < 1.29 is 14.8 Å². The SMILES string of the molecule is CSCC(C)(O)CNC(=O)c1ccc([N+](=O)[O-])cc1Cl. The van der Waals surface area contributed by atoms with Gasteiger partial charge in [0.1, 0.15) is 0 Å². The molecule has 20 heavy (non-hydrogen) atoms. The summed E-state index contributed by atoms with van der Waals surface area (Å²) in [5, 5.41) is 23.1. The molecule has 0 saturated carbocycles. The van der Waals surface area contributed by atoms with Gasteiger partial charge >= 0.3 is 0 Å². The summed E-state index contributed by atoms with van der Waals surface area (Å²) in [6.07, 6.45) is 1.85. The van der Waals surface area contributed by atoms with E-state index in [9.17, 15) is 20.0 Å². The second-order valence-electron chi connectivity index (χ2n) is 4.53. The molecule has 8 heteroatoms. The third kappa shape index (κ3) is 4.66. The number of rotatable bonds is 6. The van der Waals surface area contributed by atoms with Crippen LogP contribution in [0.25, 0.3) is 0 Å². The molecule has 1 rings (SSSR count). The van der Waals surface area contributed by atoms with E-state index in [1.807, 2.05) is 6.26 Å². The Labute approximate surface area is 125 Å². The molecule has 0 aliphatic rings. The van der Waals surface area contributed by atoms with E-state index in [1.165, 1.54) is 23.9 Å². The monoisotopic (exact) mass is 318 g/mol. The van der Waals surface area contributed by atoms with Crippen LogP contribution in [0.5, 0.6) is 0 Å². The molecule has 0 aliphatic carbocycles. The standard InChI is InChI=1S/C12H15ClN2O4S/c1-12(17,7-20-2)6-14-11(16)9-4-3-8(15(18)19)5-10(9)13/h3-5,17H,6-7H2,1-2H3,(H,14,16). The number of nitro benzene ring substituents is 1. The fraction of sp³-hybridized carbons (Fsp3) is 0.417. The van der Waals surface area contributed by atoms with Gasteiger partial charge in [-0.1, -0.05) is 11.6 Å². The lowest BCUT2D eigenvalue weighted by atomic mass is 10.1. The zero-order valence-corrected chi connectivity index (χ0v) is 12.6. The number of benzene rings is 1. The number of nitro groups is 1. The summed E-state index contributed by atoms with van der Waals surface area (Å²) in [5.41, 5.74) is -1.07. The smallest absolute Gasteiger partial charge is 0.270 e. The zero-order chi connectivity index (χ0) is 15.3. The van der Waals surface area contributed by atoms with E-state index in [1.54, 1.807) is 6.92 Å². The topological polar surface area (TPSA) is 92.5 Å². The van der Waals surface area contributed by atoms with E-state index in [0.717, 1.165) is 6.07 Å². The zero-order valence-electron chi connectivity index (χ0n) is 11.1. The second-order valence-corrected chi connectivity index (χ2v) is 5.81. The number of thioether (sulfide) groups is 1. The molecule has 6 nitrogen and oxygen atoms in total. The van der Waals surface area contributed by atoms with Gasteiger partial charge in [-0.15, -0.1) is 0 Å². The number of nitrogens with zero attached hydrogens (tertiary/aromatic N) is 1. The number of hydrogen-bond acceptors (Lipinski definition) is 5. The molecule has 1 aromatic carbocycles. The highest BCUT2D eigenvalue weighted by atomic mass is 35.5. The second kappa shape index (κ2) is 6.92. The normalized spacial score (nSPS) is 13.6. The van der Waals surface area contributed by atoms with Crippen LogP contribution in [0.1, 0.15) is 17.3 Å². The van der Waals surface area contributed by atoms with Gasteiger partial charge in [0.2, 0.25) is 0 Å². The first kappa shape index (κ1) is 16.7. The number of carbonyl (C=O) groups is 1. The summed E-state index contributed by atoms with van der Waals surface area (Å²) in [5.74, 6) is -0.00681. The minimum atomic E-state index is -1.03. The number of halogens is 1. The minimum absolute atomic E-state index is 0.00112. The molecule has 0 heterocycles. The lowest BCUT2D eigenvalue weighted by molar-refractivity contribution is -0.384. The Morgan fingerprint density at radius 3 is 2.75 bits per heavy atom. The van der Waals surface area contributed by atoms with E-state index < -0.39 is 16.4 Å². The van der Waals surface area contributed by atoms with Crippen LogP contribution in [0.3, 0.4) is 0 Å². The molecule has 0 radical (unpaired) electrons. The number of hydrogen-bond donors (Lipinski definition) is 2. The molecule has 0 aromatic heterocycles. The number of amides is 1. The molecule has 0 saturated heterocycles. The van der Waals surface area contributed by atoms with Crippen molar-refractivity contribution in [2.75, 3.05) is 18.6 Å². The molecule has 0 aliphatic heterocycles. The van der Waals surface area contributed by atoms with Crippen LogP contribution < -0.4 is 5.32 Å². The van der Waals surface area contributed by atoms with E-state index in [-0.39, 0.29) is 22.8 Å². The van der Waals surface area contributed by atoms with Gasteiger partial charge in [0.15, 0.2) is 0 Å². The predicted molar refractivity (Wildman–Crippen MR) is 79.4 cm³/mol. The van der Waals surface area contributed by atoms with Gasteiger partial charge in [-0.2, -0.15) is 11.8 Å².